The average Bonchev–Trinajstić information content (AvgIpc) is 3.16. The van der Waals surface area contributed by atoms with Gasteiger partial charge in [0, 0.05) is 13.3 Å². The maximum Gasteiger partial charge on any atom is 0.243 e. The number of carbonyl (C=O) groups excluding carboxylic acids is 7. The summed E-state index contributed by atoms with van der Waals surface area (Å²) < 4.78 is 0. The van der Waals surface area contributed by atoms with Crippen LogP contribution in [0.5, 0.6) is 0 Å². The normalized spacial score (nSPS) is 15.5. The maximum absolute atomic E-state index is 14.0. The van der Waals surface area contributed by atoms with Gasteiger partial charge in [0.15, 0.2) is 5.78 Å². The molecule has 0 aliphatic heterocycles. The van der Waals surface area contributed by atoms with Gasteiger partial charge in [0.05, 0.1) is 12.1 Å². The number of amides is 6. The van der Waals surface area contributed by atoms with E-state index in [1.165, 1.54) is 6.92 Å². The SMILES string of the molecule is CC[C@H](C)[C@H](NC(=O)C(Cc1ccccc1)NC(O)CC(=O)C(Cc1ccccc1)NC(=O)[C@@H](NC(=O)[C@H](CC(C)C)NC(C)=O)C(C)C)C(=O)N[C@H](C(N)=O)C(C)C. The van der Waals surface area contributed by atoms with Crippen LogP contribution in [0.25, 0.3) is 0 Å². The molecule has 0 radical (unpaired) electrons. The third-order valence-corrected chi connectivity index (χ3v) is 10.1. The topological polar surface area (TPSA) is 238 Å². The lowest BCUT2D eigenvalue weighted by molar-refractivity contribution is -0.135. The number of hydrogen-bond donors (Lipinski definition) is 8. The van der Waals surface area contributed by atoms with Gasteiger partial charge in [0.2, 0.25) is 35.4 Å². The second-order valence-corrected chi connectivity index (χ2v) is 16.5. The summed E-state index contributed by atoms with van der Waals surface area (Å²) in [5.74, 6) is -4.98. The zero-order valence-corrected chi connectivity index (χ0v) is 36.0. The standard InChI is InChI=1S/C44H67N7O8/c1-10-28(8)39(44(59)49-37(26(4)5)40(45)55)51-42(57)34(23-31-19-15-12-16-20-31)47-36(54)24-35(53)32(22-30-17-13-11-14-18-30)48-43(58)38(27(6)7)50-41(56)33(21-25(2)3)46-29(9)52/h11-20,25-28,32-34,36-39,47,54H,10,21-24H2,1-9H3,(H2,45,55)(H,46,52)(H,48,58)(H,49,59)(H,50,56)(H,51,57)/t28-,32?,33-,34?,36?,37-,38-,39-/m0/s1. The Balaban J connectivity index is 2.37. The number of aliphatic hydroxyl groups excluding tert-OH is 1. The summed E-state index contributed by atoms with van der Waals surface area (Å²) in [5, 5.41) is 27.9. The highest BCUT2D eigenvalue weighted by atomic mass is 16.3. The van der Waals surface area contributed by atoms with Crippen molar-refractivity contribution in [3.05, 3.63) is 71.8 Å². The van der Waals surface area contributed by atoms with Crippen molar-refractivity contribution in [2.75, 3.05) is 0 Å². The number of primary amides is 1. The predicted octanol–water partition coefficient (Wildman–Crippen LogP) is 2.04. The number of carbonyl (C=O) groups is 7. The maximum atomic E-state index is 14.0. The van der Waals surface area contributed by atoms with Gasteiger partial charge in [-0.05, 0) is 54.1 Å². The van der Waals surface area contributed by atoms with Crippen molar-refractivity contribution < 1.29 is 38.7 Å². The highest BCUT2D eigenvalue weighted by molar-refractivity contribution is 5.95. The van der Waals surface area contributed by atoms with E-state index in [1.54, 1.807) is 83.1 Å². The van der Waals surface area contributed by atoms with Crippen molar-refractivity contribution in [2.24, 2.45) is 29.4 Å². The highest BCUT2D eigenvalue weighted by Gasteiger charge is 2.35. The molecular weight excluding hydrogens is 755 g/mol. The summed E-state index contributed by atoms with van der Waals surface area (Å²) in [6.07, 6.45) is -1.07. The average molecular weight is 822 g/mol. The van der Waals surface area contributed by atoms with Gasteiger partial charge in [0.25, 0.3) is 0 Å². The molecule has 59 heavy (non-hydrogen) atoms. The number of nitrogens with one attached hydrogen (secondary N) is 6. The van der Waals surface area contributed by atoms with Gasteiger partial charge in [-0.25, -0.2) is 0 Å². The van der Waals surface area contributed by atoms with E-state index in [1.807, 2.05) is 32.9 Å². The molecule has 2 aromatic carbocycles. The van der Waals surface area contributed by atoms with Gasteiger partial charge in [-0.2, -0.15) is 0 Å². The Kier molecular flexibility index (Phi) is 20.9. The molecule has 326 valence electrons. The van der Waals surface area contributed by atoms with E-state index in [0.29, 0.717) is 12.8 Å². The molecule has 6 amide bonds. The van der Waals surface area contributed by atoms with Crippen LogP contribution >= 0.6 is 0 Å². The first-order chi connectivity index (χ1) is 27.7. The molecular formula is C44H67N7O8. The van der Waals surface area contributed by atoms with Crippen LogP contribution in [0.1, 0.15) is 92.7 Å². The molecule has 0 saturated carbocycles. The third-order valence-electron chi connectivity index (χ3n) is 10.1. The summed E-state index contributed by atoms with van der Waals surface area (Å²) in [5.41, 5.74) is 7.01. The number of nitrogens with two attached hydrogens (primary N) is 1. The van der Waals surface area contributed by atoms with Gasteiger partial charge < -0.3 is 37.4 Å². The molecule has 0 aromatic heterocycles. The summed E-state index contributed by atoms with van der Waals surface area (Å²) in [6, 6.07) is 11.8. The van der Waals surface area contributed by atoms with E-state index in [0.717, 1.165) is 11.1 Å². The fourth-order valence-electron chi connectivity index (χ4n) is 6.56. The molecule has 0 bridgehead atoms. The zero-order chi connectivity index (χ0) is 44.4. The zero-order valence-electron chi connectivity index (χ0n) is 36.0. The summed E-state index contributed by atoms with van der Waals surface area (Å²) in [6.45, 7) is 15.7. The lowest BCUT2D eigenvalue weighted by Gasteiger charge is -2.30. The van der Waals surface area contributed by atoms with Crippen LogP contribution in [-0.2, 0) is 46.4 Å². The smallest absolute Gasteiger partial charge is 0.243 e. The Hall–Kier alpha value is -5.15. The highest BCUT2D eigenvalue weighted by Crippen LogP contribution is 2.14. The van der Waals surface area contributed by atoms with E-state index >= 15 is 0 Å². The Morgan fingerprint density at radius 3 is 1.51 bits per heavy atom. The van der Waals surface area contributed by atoms with Crippen LogP contribution in [-0.4, -0.2) is 88.8 Å². The van der Waals surface area contributed by atoms with Crippen molar-refractivity contribution in [3.63, 3.8) is 0 Å². The summed E-state index contributed by atoms with van der Waals surface area (Å²) >= 11 is 0. The molecule has 0 aliphatic rings. The first kappa shape index (κ1) is 50.0. The minimum absolute atomic E-state index is 0.0705. The van der Waals surface area contributed by atoms with E-state index in [4.69, 9.17) is 5.73 Å². The van der Waals surface area contributed by atoms with Crippen LogP contribution in [0.3, 0.4) is 0 Å². The lowest BCUT2D eigenvalue weighted by atomic mass is 9.95. The molecule has 15 nitrogen and oxygen atoms in total. The molecule has 9 N–H and O–H groups in total. The van der Waals surface area contributed by atoms with Crippen molar-refractivity contribution in [2.45, 2.75) is 137 Å². The van der Waals surface area contributed by atoms with Gasteiger partial charge in [-0.3, -0.25) is 38.9 Å². The van der Waals surface area contributed by atoms with E-state index in [-0.39, 0.29) is 36.5 Å². The first-order valence-corrected chi connectivity index (χ1v) is 20.6. The number of hydrogen-bond acceptors (Lipinski definition) is 9. The summed E-state index contributed by atoms with van der Waals surface area (Å²) in [7, 11) is 0. The van der Waals surface area contributed by atoms with Gasteiger partial charge in [-0.15, -0.1) is 0 Å². The Morgan fingerprint density at radius 2 is 1.05 bits per heavy atom. The minimum Gasteiger partial charge on any atom is -0.378 e. The number of aliphatic hydroxyl groups is 1. The van der Waals surface area contributed by atoms with Crippen LogP contribution in [0.4, 0.5) is 0 Å². The fourth-order valence-corrected chi connectivity index (χ4v) is 6.56. The lowest BCUT2D eigenvalue weighted by Crippen LogP contribution is -2.60. The molecule has 8 atom stereocenters. The van der Waals surface area contributed by atoms with Crippen molar-refractivity contribution in [3.8, 4) is 0 Å². The molecule has 3 unspecified atom stereocenters. The molecule has 0 saturated heterocycles. The Bertz CT molecular complexity index is 1690. The monoisotopic (exact) mass is 822 g/mol. The molecule has 2 aromatic rings. The minimum atomic E-state index is -1.57. The van der Waals surface area contributed by atoms with Gasteiger partial charge >= 0.3 is 0 Å². The van der Waals surface area contributed by atoms with Crippen LogP contribution in [0.2, 0.25) is 0 Å². The van der Waals surface area contributed by atoms with Crippen molar-refractivity contribution >= 4 is 41.2 Å². The molecule has 0 aliphatic carbocycles. The Morgan fingerprint density at radius 1 is 0.593 bits per heavy atom. The van der Waals surface area contributed by atoms with Crippen LogP contribution < -0.4 is 37.6 Å². The summed E-state index contributed by atoms with van der Waals surface area (Å²) in [4.78, 5) is 92.7. The van der Waals surface area contributed by atoms with Crippen LogP contribution in [0, 0.1) is 23.7 Å². The van der Waals surface area contributed by atoms with Crippen molar-refractivity contribution in [1.29, 1.82) is 0 Å². The van der Waals surface area contributed by atoms with Crippen molar-refractivity contribution in [1.82, 2.24) is 31.9 Å². The largest absolute Gasteiger partial charge is 0.378 e. The molecule has 0 spiro atoms. The molecule has 0 heterocycles. The first-order valence-electron chi connectivity index (χ1n) is 20.6. The van der Waals surface area contributed by atoms with E-state index < -0.39 is 90.1 Å². The molecule has 15 heteroatoms. The quantitative estimate of drug-likeness (QED) is 0.0684. The van der Waals surface area contributed by atoms with E-state index in [2.05, 4.69) is 31.9 Å². The molecule has 0 fully saturated rings. The fraction of sp³-hybridized carbons (Fsp3) is 0.568. The molecule has 2 rings (SSSR count). The van der Waals surface area contributed by atoms with Gasteiger partial charge in [0.1, 0.15) is 30.4 Å². The third kappa shape index (κ3) is 17.3. The predicted molar refractivity (Wildman–Crippen MR) is 226 cm³/mol. The number of benzene rings is 2. The Labute approximate surface area is 349 Å². The van der Waals surface area contributed by atoms with E-state index in [9.17, 15) is 38.7 Å². The van der Waals surface area contributed by atoms with Crippen LogP contribution in [0.15, 0.2) is 60.7 Å². The second-order valence-electron chi connectivity index (χ2n) is 16.5. The number of ketones is 1. The second kappa shape index (κ2) is 24.7. The number of rotatable bonds is 25. The van der Waals surface area contributed by atoms with Gasteiger partial charge in [-0.1, -0.05) is 122 Å². The number of Topliss-reactive ketones (excluding diaryl/α,β-unsaturated/α-hetero) is 1.